The summed E-state index contributed by atoms with van der Waals surface area (Å²) in [4.78, 5) is 25.5. The maximum Gasteiger partial charge on any atom is 0.416 e. The first-order chi connectivity index (χ1) is 15.2. The van der Waals surface area contributed by atoms with E-state index in [0.717, 1.165) is 5.56 Å². The Kier molecular flexibility index (Phi) is 5.33. The molecule has 11 nitrogen and oxygen atoms in total. The van der Waals surface area contributed by atoms with Gasteiger partial charge in [0.15, 0.2) is 5.69 Å². The van der Waals surface area contributed by atoms with E-state index in [1.807, 2.05) is 24.3 Å². The van der Waals surface area contributed by atoms with Crippen molar-refractivity contribution in [2.45, 2.75) is 39.5 Å². The minimum Gasteiger partial charge on any atom is -0.497 e. The molecule has 1 amide bonds. The SMILES string of the molecule is COc1ccc(Cn2ncc([N+](=O)[O-])c2-c2cnn3c2N(C(=O)OC(C)(C)C)CC3)cc1. The standard InChI is InChI=1S/C21H24N6O5/c1-21(2,3)32-20(28)24-9-10-25-19(24)16(11-22-25)18-17(27(29)30)12-23-26(18)13-14-5-7-15(31-4)8-6-14/h5-8,11-12H,9-10,13H2,1-4H3. The molecule has 0 fully saturated rings. The molecule has 4 rings (SSSR count). The van der Waals surface area contributed by atoms with Crippen molar-refractivity contribution >= 4 is 17.6 Å². The summed E-state index contributed by atoms with van der Waals surface area (Å²) in [6.45, 7) is 6.49. The first-order valence-corrected chi connectivity index (χ1v) is 10.1. The van der Waals surface area contributed by atoms with Gasteiger partial charge >= 0.3 is 11.8 Å². The third-order valence-corrected chi connectivity index (χ3v) is 4.98. The zero-order chi connectivity index (χ0) is 23.0. The Bertz CT molecular complexity index is 1160. The van der Waals surface area contributed by atoms with Gasteiger partial charge in [-0.1, -0.05) is 12.1 Å². The van der Waals surface area contributed by atoms with Crippen LogP contribution in [0, 0.1) is 10.1 Å². The molecule has 0 aliphatic carbocycles. The summed E-state index contributed by atoms with van der Waals surface area (Å²) in [5.74, 6) is 1.17. The molecular formula is C21H24N6O5. The van der Waals surface area contributed by atoms with Gasteiger partial charge in [0.1, 0.15) is 23.4 Å². The molecule has 32 heavy (non-hydrogen) atoms. The molecule has 0 bridgehead atoms. The summed E-state index contributed by atoms with van der Waals surface area (Å²) >= 11 is 0. The van der Waals surface area contributed by atoms with Crippen LogP contribution in [-0.4, -0.2) is 49.8 Å². The van der Waals surface area contributed by atoms with E-state index in [1.165, 1.54) is 17.3 Å². The number of anilines is 1. The molecule has 0 N–H and O–H groups in total. The van der Waals surface area contributed by atoms with Crippen LogP contribution in [0.1, 0.15) is 26.3 Å². The second-order valence-electron chi connectivity index (χ2n) is 8.38. The van der Waals surface area contributed by atoms with E-state index in [1.54, 1.807) is 37.2 Å². The van der Waals surface area contributed by atoms with Crippen molar-refractivity contribution in [1.29, 1.82) is 0 Å². The molecule has 11 heteroatoms. The third kappa shape index (κ3) is 4.01. The molecule has 168 valence electrons. The number of fused-ring (bicyclic) bond motifs is 1. The number of aromatic nitrogens is 4. The Morgan fingerprint density at radius 2 is 1.88 bits per heavy atom. The van der Waals surface area contributed by atoms with Gasteiger partial charge in [0.25, 0.3) is 0 Å². The topological polar surface area (TPSA) is 118 Å². The first-order valence-electron chi connectivity index (χ1n) is 10.1. The fourth-order valence-electron chi connectivity index (χ4n) is 3.60. The number of carbonyl (C=O) groups excluding carboxylic acids is 1. The molecule has 3 heterocycles. The summed E-state index contributed by atoms with van der Waals surface area (Å²) < 4.78 is 13.9. The van der Waals surface area contributed by atoms with E-state index in [9.17, 15) is 14.9 Å². The lowest BCUT2D eigenvalue weighted by molar-refractivity contribution is -0.384. The highest BCUT2D eigenvalue weighted by atomic mass is 16.6. The molecule has 1 aromatic carbocycles. The Balaban J connectivity index is 1.75. The van der Waals surface area contributed by atoms with Crippen molar-refractivity contribution < 1.29 is 19.2 Å². The van der Waals surface area contributed by atoms with Gasteiger partial charge in [-0.15, -0.1) is 0 Å². The maximum absolute atomic E-state index is 12.8. The number of rotatable bonds is 5. The molecule has 2 aromatic heterocycles. The molecule has 1 aliphatic heterocycles. The van der Waals surface area contributed by atoms with E-state index < -0.39 is 16.6 Å². The Hall–Kier alpha value is -3.89. The van der Waals surface area contributed by atoms with Crippen molar-refractivity contribution in [1.82, 2.24) is 19.6 Å². The van der Waals surface area contributed by atoms with Gasteiger partial charge in [-0.2, -0.15) is 10.2 Å². The monoisotopic (exact) mass is 440 g/mol. The molecule has 0 saturated carbocycles. The van der Waals surface area contributed by atoms with Gasteiger partial charge in [-0.25, -0.2) is 9.48 Å². The second-order valence-corrected chi connectivity index (χ2v) is 8.38. The fraction of sp³-hybridized carbons (Fsp3) is 0.381. The van der Waals surface area contributed by atoms with E-state index in [2.05, 4.69) is 10.2 Å². The van der Waals surface area contributed by atoms with E-state index in [4.69, 9.17) is 9.47 Å². The normalized spacial score (nSPS) is 13.2. The van der Waals surface area contributed by atoms with Crippen LogP contribution in [-0.2, 0) is 17.8 Å². The van der Waals surface area contributed by atoms with Crippen molar-refractivity contribution in [3.63, 3.8) is 0 Å². The molecule has 0 spiro atoms. The van der Waals surface area contributed by atoms with Gasteiger partial charge in [-0.05, 0) is 38.5 Å². The van der Waals surface area contributed by atoms with Gasteiger partial charge < -0.3 is 9.47 Å². The smallest absolute Gasteiger partial charge is 0.416 e. The Morgan fingerprint density at radius 1 is 1.16 bits per heavy atom. The lowest BCUT2D eigenvalue weighted by Crippen LogP contribution is -2.36. The lowest BCUT2D eigenvalue weighted by Gasteiger charge is -2.24. The lowest BCUT2D eigenvalue weighted by atomic mass is 10.1. The fourth-order valence-corrected chi connectivity index (χ4v) is 3.60. The summed E-state index contributed by atoms with van der Waals surface area (Å²) in [6.07, 6.45) is 2.22. The number of nitro groups is 1. The molecule has 0 saturated heterocycles. The van der Waals surface area contributed by atoms with Gasteiger partial charge in [0.2, 0.25) is 0 Å². The number of nitrogens with zero attached hydrogens (tertiary/aromatic N) is 6. The van der Waals surface area contributed by atoms with Crippen LogP contribution in [0.4, 0.5) is 16.3 Å². The number of amides is 1. The number of hydrogen-bond acceptors (Lipinski definition) is 7. The molecule has 0 unspecified atom stereocenters. The van der Waals surface area contributed by atoms with Gasteiger partial charge in [0.05, 0.1) is 43.4 Å². The van der Waals surface area contributed by atoms with Gasteiger partial charge in [0, 0.05) is 0 Å². The van der Waals surface area contributed by atoms with Crippen LogP contribution in [0.3, 0.4) is 0 Å². The molecule has 3 aromatic rings. The molecule has 1 aliphatic rings. The number of carbonyl (C=O) groups is 1. The quantitative estimate of drug-likeness (QED) is 0.440. The van der Waals surface area contributed by atoms with Crippen molar-refractivity contribution in [2.24, 2.45) is 0 Å². The van der Waals surface area contributed by atoms with Crippen LogP contribution >= 0.6 is 0 Å². The predicted octanol–water partition coefficient (Wildman–Crippen LogP) is 3.47. The first kappa shape index (κ1) is 21.3. The van der Waals surface area contributed by atoms with E-state index in [-0.39, 0.29) is 11.4 Å². The summed E-state index contributed by atoms with van der Waals surface area (Å²) in [6, 6.07) is 7.36. The van der Waals surface area contributed by atoms with E-state index >= 15 is 0 Å². The minimum absolute atomic E-state index is 0.162. The van der Waals surface area contributed by atoms with Crippen LogP contribution < -0.4 is 9.64 Å². The maximum atomic E-state index is 12.8. The summed E-state index contributed by atoms with van der Waals surface area (Å²) in [7, 11) is 1.58. The number of benzene rings is 1. The highest BCUT2D eigenvalue weighted by Gasteiger charge is 2.36. The summed E-state index contributed by atoms with van der Waals surface area (Å²) in [5.41, 5.74) is 0.782. The summed E-state index contributed by atoms with van der Waals surface area (Å²) in [5, 5.41) is 20.4. The highest BCUT2D eigenvalue weighted by Crippen LogP contribution is 2.39. The van der Waals surface area contributed by atoms with Crippen LogP contribution in [0.15, 0.2) is 36.7 Å². The zero-order valence-corrected chi connectivity index (χ0v) is 18.3. The van der Waals surface area contributed by atoms with Crippen LogP contribution in [0.5, 0.6) is 5.75 Å². The van der Waals surface area contributed by atoms with Crippen molar-refractivity contribution in [2.75, 3.05) is 18.6 Å². The van der Waals surface area contributed by atoms with Crippen LogP contribution in [0.25, 0.3) is 11.3 Å². The van der Waals surface area contributed by atoms with Gasteiger partial charge in [-0.3, -0.25) is 19.7 Å². The second kappa shape index (κ2) is 7.98. The predicted molar refractivity (Wildman–Crippen MR) is 116 cm³/mol. The zero-order valence-electron chi connectivity index (χ0n) is 18.3. The molecule has 0 radical (unpaired) electrons. The Labute approximate surface area is 184 Å². The van der Waals surface area contributed by atoms with Crippen molar-refractivity contribution in [3.05, 3.63) is 52.3 Å². The van der Waals surface area contributed by atoms with Crippen molar-refractivity contribution in [3.8, 4) is 17.0 Å². The Morgan fingerprint density at radius 3 is 2.50 bits per heavy atom. The number of hydrogen-bond donors (Lipinski definition) is 0. The molecule has 0 atom stereocenters. The molecular weight excluding hydrogens is 416 g/mol. The largest absolute Gasteiger partial charge is 0.497 e. The average Bonchev–Trinajstić information content (AvgIpc) is 3.42. The number of ether oxygens (including phenoxy) is 2. The number of methoxy groups -OCH3 is 1. The van der Waals surface area contributed by atoms with Crippen LogP contribution in [0.2, 0.25) is 0 Å². The average molecular weight is 440 g/mol. The van der Waals surface area contributed by atoms with E-state index in [0.29, 0.717) is 36.8 Å². The minimum atomic E-state index is -0.674. The third-order valence-electron chi connectivity index (χ3n) is 4.98. The highest BCUT2D eigenvalue weighted by molar-refractivity contribution is 5.94.